The number of benzene rings is 3. The first kappa shape index (κ1) is 18.9. The molecule has 0 spiro atoms. The van der Waals surface area contributed by atoms with Crippen LogP contribution < -0.4 is 5.32 Å². The van der Waals surface area contributed by atoms with Gasteiger partial charge >= 0.3 is 0 Å². The number of carbonyl (C=O) groups excluding carboxylic acids is 1. The Morgan fingerprint density at radius 1 is 1.10 bits per heavy atom. The summed E-state index contributed by atoms with van der Waals surface area (Å²) in [7, 11) is 0. The van der Waals surface area contributed by atoms with E-state index in [9.17, 15) is 9.18 Å². The molecule has 4 rings (SSSR count). The molecule has 4 nitrogen and oxygen atoms in total. The molecule has 0 aliphatic rings. The Hall–Kier alpha value is -3.47. The van der Waals surface area contributed by atoms with Crippen LogP contribution in [0.3, 0.4) is 0 Å². The van der Waals surface area contributed by atoms with Crippen molar-refractivity contribution in [3.63, 3.8) is 0 Å². The van der Waals surface area contributed by atoms with Crippen molar-refractivity contribution in [3.8, 4) is 11.5 Å². The molecule has 1 aromatic heterocycles. The van der Waals surface area contributed by atoms with Gasteiger partial charge in [0.15, 0.2) is 5.58 Å². The van der Waals surface area contributed by atoms with Crippen molar-refractivity contribution in [2.24, 2.45) is 0 Å². The molecule has 0 unspecified atom stereocenters. The summed E-state index contributed by atoms with van der Waals surface area (Å²) in [5.74, 6) is -0.131. The number of rotatable bonds is 5. The lowest BCUT2D eigenvalue weighted by molar-refractivity contribution is 0.102. The van der Waals surface area contributed by atoms with Crippen LogP contribution in [0.4, 0.5) is 10.1 Å². The minimum absolute atomic E-state index is 0.00246. The van der Waals surface area contributed by atoms with Crippen LogP contribution in [0.15, 0.2) is 71.1 Å². The lowest BCUT2D eigenvalue weighted by atomic mass is 9.98. The van der Waals surface area contributed by atoms with Gasteiger partial charge in [0, 0.05) is 11.3 Å². The van der Waals surface area contributed by atoms with Crippen molar-refractivity contribution in [3.05, 3.63) is 83.7 Å². The van der Waals surface area contributed by atoms with E-state index in [2.05, 4.69) is 36.3 Å². The van der Waals surface area contributed by atoms with Crippen molar-refractivity contribution >= 4 is 22.7 Å². The molecule has 1 amide bonds. The summed E-state index contributed by atoms with van der Waals surface area (Å²) >= 11 is 0. The number of carbonyl (C=O) groups is 1. The maximum atomic E-state index is 13.8. The van der Waals surface area contributed by atoms with Crippen LogP contribution >= 0.6 is 0 Å². The molecule has 0 radical (unpaired) electrons. The number of hydrogen-bond acceptors (Lipinski definition) is 3. The van der Waals surface area contributed by atoms with Gasteiger partial charge in [0.05, 0.1) is 5.56 Å². The number of oxazole rings is 1. The van der Waals surface area contributed by atoms with Crippen LogP contribution in [0.25, 0.3) is 22.6 Å². The molecule has 0 bridgehead atoms. The molecule has 0 aliphatic carbocycles. The smallest absolute Gasteiger partial charge is 0.258 e. The van der Waals surface area contributed by atoms with Gasteiger partial charge in [-0.2, -0.15) is 0 Å². The van der Waals surface area contributed by atoms with Crippen LogP contribution in [-0.4, -0.2) is 10.9 Å². The van der Waals surface area contributed by atoms with E-state index in [1.54, 1.807) is 30.3 Å². The summed E-state index contributed by atoms with van der Waals surface area (Å²) in [6.45, 7) is 4.34. The second-order valence-corrected chi connectivity index (χ2v) is 7.07. The molecule has 1 N–H and O–H groups in total. The maximum Gasteiger partial charge on any atom is 0.258 e. The highest BCUT2D eigenvalue weighted by molar-refractivity contribution is 6.04. The molecule has 0 saturated carbocycles. The highest BCUT2D eigenvalue weighted by Crippen LogP contribution is 2.29. The van der Waals surface area contributed by atoms with E-state index < -0.39 is 11.7 Å². The lowest BCUT2D eigenvalue weighted by Crippen LogP contribution is -2.13. The van der Waals surface area contributed by atoms with E-state index in [4.69, 9.17) is 4.42 Å². The van der Waals surface area contributed by atoms with E-state index in [1.165, 1.54) is 17.7 Å². The molecule has 146 valence electrons. The zero-order valence-electron chi connectivity index (χ0n) is 16.3. The average Bonchev–Trinajstić information content (AvgIpc) is 3.17. The number of fused-ring (bicyclic) bond motifs is 1. The average molecular weight is 388 g/mol. The Balaban J connectivity index is 1.61. The molecular weight excluding hydrogens is 367 g/mol. The van der Waals surface area contributed by atoms with Crippen LogP contribution in [0, 0.1) is 5.82 Å². The lowest BCUT2D eigenvalue weighted by Gasteiger charge is -2.07. The van der Waals surface area contributed by atoms with Crippen molar-refractivity contribution in [1.82, 2.24) is 4.98 Å². The van der Waals surface area contributed by atoms with Gasteiger partial charge in [0.1, 0.15) is 11.3 Å². The SMILES string of the molecule is CC[C@H](C)c1ccc2oc(-c3cccc(NC(=O)c4ccccc4F)c3)nc2c1. The molecule has 1 atom stereocenters. The third-order valence-corrected chi connectivity index (χ3v) is 5.08. The fraction of sp³-hybridized carbons (Fsp3) is 0.167. The third-order valence-electron chi connectivity index (χ3n) is 5.08. The summed E-state index contributed by atoms with van der Waals surface area (Å²) in [4.78, 5) is 17.0. The topological polar surface area (TPSA) is 55.1 Å². The van der Waals surface area contributed by atoms with Gasteiger partial charge in [-0.1, -0.05) is 38.1 Å². The predicted molar refractivity (Wildman–Crippen MR) is 113 cm³/mol. The Bertz CT molecular complexity index is 1180. The minimum atomic E-state index is -0.558. The predicted octanol–water partition coefficient (Wildman–Crippen LogP) is 6.40. The standard InChI is InChI=1S/C24H21FN2O2/c1-3-15(2)16-11-12-22-21(14-16)27-24(29-22)17-7-6-8-18(13-17)26-23(28)19-9-4-5-10-20(19)25/h4-15H,3H2,1-2H3,(H,26,28)/t15-/m0/s1. The number of anilines is 1. The fourth-order valence-electron chi connectivity index (χ4n) is 3.18. The van der Waals surface area contributed by atoms with Gasteiger partial charge in [0.25, 0.3) is 5.91 Å². The first-order chi connectivity index (χ1) is 14.0. The number of nitrogens with one attached hydrogen (secondary N) is 1. The fourth-order valence-corrected chi connectivity index (χ4v) is 3.18. The summed E-state index contributed by atoms with van der Waals surface area (Å²) in [5, 5.41) is 2.73. The van der Waals surface area contributed by atoms with Gasteiger partial charge in [-0.25, -0.2) is 9.37 Å². The molecule has 29 heavy (non-hydrogen) atoms. The second-order valence-electron chi connectivity index (χ2n) is 7.07. The van der Waals surface area contributed by atoms with Crippen molar-refractivity contribution in [2.45, 2.75) is 26.2 Å². The van der Waals surface area contributed by atoms with Gasteiger partial charge in [0.2, 0.25) is 5.89 Å². The summed E-state index contributed by atoms with van der Waals surface area (Å²) in [5.41, 5.74) is 4.02. The minimum Gasteiger partial charge on any atom is -0.436 e. The highest BCUT2D eigenvalue weighted by Gasteiger charge is 2.14. The van der Waals surface area contributed by atoms with E-state index in [-0.39, 0.29) is 5.56 Å². The van der Waals surface area contributed by atoms with Gasteiger partial charge in [-0.3, -0.25) is 4.79 Å². The zero-order chi connectivity index (χ0) is 20.4. The molecule has 1 heterocycles. The van der Waals surface area contributed by atoms with Crippen molar-refractivity contribution in [2.75, 3.05) is 5.32 Å². The van der Waals surface area contributed by atoms with E-state index >= 15 is 0 Å². The van der Waals surface area contributed by atoms with Crippen molar-refractivity contribution < 1.29 is 13.6 Å². The Kier molecular flexibility index (Phi) is 5.12. The Morgan fingerprint density at radius 2 is 1.93 bits per heavy atom. The summed E-state index contributed by atoms with van der Waals surface area (Å²) in [6, 6.07) is 19.1. The van der Waals surface area contributed by atoms with Crippen molar-refractivity contribution in [1.29, 1.82) is 0 Å². The Labute approximate surface area is 168 Å². The molecular formula is C24H21FN2O2. The normalized spacial score (nSPS) is 12.1. The van der Waals surface area contributed by atoms with Crippen LogP contribution in [0.5, 0.6) is 0 Å². The molecule has 0 fully saturated rings. The van der Waals surface area contributed by atoms with Gasteiger partial charge in [-0.15, -0.1) is 0 Å². The van der Waals surface area contributed by atoms with Crippen LogP contribution in [0.2, 0.25) is 0 Å². The van der Waals surface area contributed by atoms with Crippen LogP contribution in [-0.2, 0) is 0 Å². The number of halogens is 1. The van der Waals surface area contributed by atoms with Gasteiger partial charge < -0.3 is 9.73 Å². The first-order valence-corrected chi connectivity index (χ1v) is 9.62. The molecule has 3 aromatic carbocycles. The monoisotopic (exact) mass is 388 g/mol. The highest BCUT2D eigenvalue weighted by atomic mass is 19.1. The summed E-state index contributed by atoms with van der Waals surface area (Å²) < 4.78 is 19.7. The van der Waals surface area contributed by atoms with Gasteiger partial charge in [-0.05, 0) is 60.4 Å². The third kappa shape index (κ3) is 3.90. The van der Waals surface area contributed by atoms with Crippen LogP contribution in [0.1, 0.15) is 42.1 Å². The first-order valence-electron chi connectivity index (χ1n) is 9.62. The van der Waals surface area contributed by atoms with E-state index in [1.807, 2.05) is 12.1 Å². The Morgan fingerprint density at radius 3 is 2.72 bits per heavy atom. The number of amides is 1. The maximum absolute atomic E-state index is 13.8. The molecule has 0 saturated heterocycles. The largest absolute Gasteiger partial charge is 0.436 e. The molecule has 0 aliphatic heterocycles. The van der Waals surface area contributed by atoms with E-state index in [0.717, 1.165) is 17.5 Å². The molecule has 5 heteroatoms. The zero-order valence-corrected chi connectivity index (χ0v) is 16.3. The number of aromatic nitrogens is 1. The number of nitrogens with zero attached hydrogens (tertiary/aromatic N) is 1. The van der Waals surface area contributed by atoms with E-state index in [0.29, 0.717) is 23.1 Å². The second kappa shape index (κ2) is 7.87. The molecule has 4 aromatic rings. The quantitative estimate of drug-likeness (QED) is 0.430. The summed E-state index contributed by atoms with van der Waals surface area (Å²) in [6.07, 6.45) is 1.06. The number of hydrogen-bond donors (Lipinski definition) is 1.